The van der Waals surface area contributed by atoms with Crippen LogP contribution in [0.5, 0.6) is 0 Å². The van der Waals surface area contributed by atoms with Gasteiger partial charge in [-0.3, -0.25) is 9.59 Å². The molecule has 7 heteroatoms. The monoisotopic (exact) mass is 323 g/mol. The maximum absolute atomic E-state index is 12.5. The Balaban J connectivity index is 3.09. The minimum atomic E-state index is -2.84. The van der Waals surface area contributed by atoms with Crippen LogP contribution in [0.2, 0.25) is 0 Å². The fourth-order valence-corrected chi connectivity index (χ4v) is 1.93. The summed E-state index contributed by atoms with van der Waals surface area (Å²) in [5.74, 6) is -0.514. The van der Waals surface area contributed by atoms with Gasteiger partial charge in [-0.1, -0.05) is 15.9 Å². The summed E-state index contributed by atoms with van der Waals surface area (Å²) in [6, 6.07) is 1.10. The van der Waals surface area contributed by atoms with E-state index in [0.29, 0.717) is 11.3 Å². The zero-order valence-electron chi connectivity index (χ0n) is 9.63. The smallest absolute Gasteiger partial charge is 0.311 e. The summed E-state index contributed by atoms with van der Waals surface area (Å²) in [4.78, 5) is 25.0. The molecule has 1 aromatic rings. The molecule has 0 fully saturated rings. The molecule has 1 heterocycles. The van der Waals surface area contributed by atoms with E-state index in [9.17, 15) is 18.4 Å². The highest BCUT2D eigenvalue weighted by Crippen LogP contribution is 2.19. The summed E-state index contributed by atoms with van der Waals surface area (Å²) in [6.45, 7) is 1.88. The van der Waals surface area contributed by atoms with Gasteiger partial charge in [0.25, 0.3) is 12.0 Å². The van der Waals surface area contributed by atoms with E-state index < -0.39 is 23.5 Å². The molecule has 0 saturated heterocycles. The minimum absolute atomic E-state index is 0.145. The van der Waals surface area contributed by atoms with Crippen LogP contribution in [-0.2, 0) is 21.3 Å². The van der Waals surface area contributed by atoms with Crippen LogP contribution in [0.3, 0.4) is 0 Å². The Bertz CT molecular complexity index is 488. The average molecular weight is 324 g/mol. The topological polar surface area (TPSA) is 59.2 Å². The van der Waals surface area contributed by atoms with Crippen molar-refractivity contribution in [2.75, 3.05) is 6.61 Å². The summed E-state index contributed by atoms with van der Waals surface area (Å²) in [7, 11) is 0. The lowest BCUT2D eigenvalue weighted by Crippen LogP contribution is -2.19. The number of hydrogen-bond donors (Lipinski definition) is 1. The third-order valence-corrected chi connectivity index (χ3v) is 2.85. The van der Waals surface area contributed by atoms with Crippen LogP contribution in [0.25, 0.3) is 0 Å². The van der Waals surface area contributed by atoms with Gasteiger partial charge in [0.05, 0.1) is 18.6 Å². The first-order valence-corrected chi connectivity index (χ1v) is 6.36. The molecule has 0 amide bonds. The fraction of sp³-hybridized carbons (Fsp3) is 0.455. The molecule has 0 aliphatic rings. The van der Waals surface area contributed by atoms with Gasteiger partial charge in [0, 0.05) is 11.0 Å². The van der Waals surface area contributed by atoms with E-state index >= 15 is 0 Å². The first-order valence-electron chi connectivity index (χ1n) is 5.24. The number of nitrogens with one attached hydrogen (secondary N) is 1. The maximum atomic E-state index is 12.5. The highest BCUT2D eigenvalue weighted by atomic mass is 79.9. The molecule has 0 aliphatic carbocycles. The van der Waals surface area contributed by atoms with Gasteiger partial charge in [0.1, 0.15) is 0 Å². The molecule has 0 spiro atoms. The lowest BCUT2D eigenvalue weighted by Gasteiger charge is -2.09. The number of alkyl halides is 3. The van der Waals surface area contributed by atoms with Crippen molar-refractivity contribution in [3.63, 3.8) is 0 Å². The van der Waals surface area contributed by atoms with E-state index in [1.165, 1.54) is 0 Å². The van der Waals surface area contributed by atoms with E-state index in [0.717, 1.165) is 6.07 Å². The van der Waals surface area contributed by atoms with Crippen molar-refractivity contribution in [3.05, 3.63) is 33.2 Å². The highest BCUT2D eigenvalue weighted by molar-refractivity contribution is 9.08. The van der Waals surface area contributed by atoms with Gasteiger partial charge in [0.2, 0.25) is 0 Å². The van der Waals surface area contributed by atoms with Gasteiger partial charge < -0.3 is 9.72 Å². The average Bonchev–Trinajstić information content (AvgIpc) is 2.29. The Labute approximate surface area is 110 Å². The van der Waals surface area contributed by atoms with Crippen molar-refractivity contribution in [2.24, 2.45) is 0 Å². The van der Waals surface area contributed by atoms with Gasteiger partial charge in [0.15, 0.2) is 0 Å². The molecule has 0 atom stereocenters. The highest BCUT2D eigenvalue weighted by Gasteiger charge is 2.17. The van der Waals surface area contributed by atoms with Crippen LogP contribution < -0.4 is 5.56 Å². The Morgan fingerprint density at radius 1 is 1.56 bits per heavy atom. The number of halogens is 3. The molecular formula is C11H12BrF2NO3. The van der Waals surface area contributed by atoms with Crippen LogP contribution in [0.1, 0.15) is 30.2 Å². The minimum Gasteiger partial charge on any atom is -0.466 e. The van der Waals surface area contributed by atoms with Crippen molar-refractivity contribution in [3.8, 4) is 0 Å². The standard InChI is InChI=1S/C11H12BrF2NO3/c1-2-18-9(16)4-8-6(5-12)3-7(10(13)14)11(17)15-8/h3,10H,2,4-5H2,1H3,(H,15,17). The number of carbonyl (C=O) groups is 1. The van der Waals surface area contributed by atoms with E-state index in [1.807, 2.05) is 0 Å². The predicted molar refractivity (Wildman–Crippen MR) is 65.0 cm³/mol. The molecule has 18 heavy (non-hydrogen) atoms. The lowest BCUT2D eigenvalue weighted by atomic mass is 10.1. The van der Waals surface area contributed by atoms with Crippen LogP contribution in [0, 0.1) is 0 Å². The molecule has 0 aromatic carbocycles. The van der Waals surface area contributed by atoms with Crippen molar-refractivity contribution in [1.29, 1.82) is 0 Å². The SMILES string of the molecule is CCOC(=O)Cc1[nH]c(=O)c(C(F)F)cc1CBr. The molecule has 100 valence electrons. The van der Waals surface area contributed by atoms with Crippen molar-refractivity contribution >= 4 is 21.9 Å². The zero-order chi connectivity index (χ0) is 13.7. The van der Waals surface area contributed by atoms with Gasteiger partial charge in [-0.25, -0.2) is 8.78 Å². The van der Waals surface area contributed by atoms with E-state index in [2.05, 4.69) is 20.9 Å². The van der Waals surface area contributed by atoms with E-state index in [4.69, 9.17) is 4.74 Å². The molecule has 0 radical (unpaired) electrons. The summed E-state index contributed by atoms with van der Waals surface area (Å²) in [6.07, 6.45) is -2.99. The Morgan fingerprint density at radius 3 is 2.72 bits per heavy atom. The van der Waals surface area contributed by atoms with E-state index in [-0.39, 0.29) is 18.4 Å². The van der Waals surface area contributed by atoms with E-state index in [1.54, 1.807) is 6.92 Å². The predicted octanol–water partition coefficient (Wildman–Crippen LogP) is 2.31. The number of aromatic nitrogens is 1. The fourth-order valence-electron chi connectivity index (χ4n) is 1.43. The normalized spacial score (nSPS) is 10.7. The molecule has 1 aromatic heterocycles. The Hall–Kier alpha value is -1.24. The molecule has 1 rings (SSSR count). The van der Waals surface area contributed by atoms with Gasteiger partial charge in [-0.05, 0) is 18.6 Å². The molecule has 1 N–H and O–H groups in total. The van der Waals surface area contributed by atoms with Crippen molar-refractivity contribution < 1.29 is 18.3 Å². The molecule has 0 bridgehead atoms. The second-order valence-corrected chi connectivity index (χ2v) is 4.03. The largest absolute Gasteiger partial charge is 0.466 e. The summed E-state index contributed by atoms with van der Waals surface area (Å²) in [5, 5.41) is 0.262. The maximum Gasteiger partial charge on any atom is 0.311 e. The molecular weight excluding hydrogens is 312 g/mol. The second kappa shape index (κ2) is 6.63. The number of H-pyrrole nitrogens is 1. The number of ether oxygens (including phenoxy) is 1. The number of esters is 1. The molecule has 4 nitrogen and oxygen atoms in total. The Kier molecular flexibility index (Phi) is 5.46. The van der Waals surface area contributed by atoms with Crippen molar-refractivity contribution in [1.82, 2.24) is 4.98 Å². The first-order chi connectivity index (χ1) is 8.49. The summed E-state index contributed by atoms with van der Waals surface area (Å²) >= 11 is 3.13. The number of hydrogen-bond acceptors (Lipinski definition) is 3. The zero-order valence-corrected chi connectivity index (χ0v) is 11.2. The lowest BCUT2D eigenvalue weighted by molar-refractivity contribution is -0.142. The third kappa shape index (κ3) is 3.63. The van der Waals surface area contributed by atoms with Crippen LogP contribution >= 0.6 is 15.9 Å². The number of aromatic amines is 1. The third-order valence-electron chi connectivity index (χ3n) is 2.25. The molecule has 0 saturated carbocycles. The quantitative estimate of drug-likeness (QED) is 0.668. The van der Waals surface area contributed by atoms with Crippen LogP contribution in [0.15, 0.2) is 10.9 Å². The number of rotatable bonds is 5. The second-order valence-electron chi connectivity index (χ2n) is 3.47. The number of pyridine rings is 1. The first kappa shape index (κ1) is 14.8. The molecule has 0 unspecified atom stereocenters. The van der Waals surface area contributed by atoms with Crippen molar-refractivity contribution in [2.45, 2.75) is 25.1 Å². The number of carbonyl (C=O) groups excluding carboxylic acids is 1. The van der Waals surface area contributed by atoms with Crippen LogP contribution in [-0.4, -0.2) is 17.6 Å². The van der Waals surface area contributed by atoms with Gasteiger partial charge in [-0.15, -0.1) is 0 Å². The summed E-state index contributed by atoms with van der Waals surface area (Å²) < 4.78 is 29.8. The van der Waals surface area contributed by atoms with Crippen LogP contribution in [0.4, 0.5) is 8.78 Å². The van der Waals surface area contributed by atoms with Gasteiger partial charge >= 0.3 is 5.97 Å². The molecule has 0 aliphatic heterocycles. The van der Waals surface area contributed by atoms with Gasteiger partial charge in [-0.2, -0.15) is 0 Å². The summed E-state index contributed by atoms with van der Waals surface area (Å²) in [5.41, 5.74) is -0.747. The Morgan fingerprint density at radius 2 is 2.22 bits per heavy atom.